The molecule has 0 aromatic heterocycles. The van der Waals surface area contributed by atoms with Crippen molar-refractivity contribution in [3.63, 3.8) is 0 Å². The van der Waals surface area contributed by atoms with E-state index in [0.29, 0.717) is 23.8 Å². The minimum atomic E-state index is -0.429. The van der Waals surface area contributed by atoms with Gasteiger partial charge in [0.1, 0.15) is 5.75 Å². The Morgan fingerprint density at radius 3 is 3.08 bits per heavy atom. The number of ether oxygens (including phenoxy) is 1. The standard InChI is InChI=1S/C10H11ClO2/c1-6-4-7-9(12)2-3-13-10(7)8(11)5-6/h4-5,9,12H,2-3H2,1H3. The smallest absolute Gasteiger partial charge is 0.143 e. The van der Waals surface area contributed by atoms with Gasteiger partial charge in [-0.1, -0.05) is 11.6 Å². The molecule has 0 bridgehead atoms. The maximum atomic E-state index is 9.67. The number of halogens is 1. The Kier molecular flexibility index (Phi) is 2.18. The van der Waals surface area contributed by atoms with E-state index < -0.39 is 6.10 Å². The van der Waals surface area contributed by atoms with Crippen LogP contribution < -0.4 is 4.74 Å². The zero-order valence-electron chi connectivity index (χ0n) is 7.38. The fraction of sp³-hybridized carbons (Fsp3) is 0.400. The van der Waals surface area contributed by atoms with Crippen LogP contribution in [0.3, 0.4) is 0 Å². The lowest BCUT2D eigenvalue weighted by molar-refractivity contribution is 0.115. The number of hydrogen-bond acceptors (Lipinski definition) is 2. The molecule has 0 saturated carbocycles. The second kappa shape index (κ2) is 3.20. The highest BCUT2D eigenvalue weighted by Gasteiger charge is 2.21. The molecule has 0 radical (unpaired) electrons. The van der Waals surface area contributed by atoms with Gasteiger partial charge in [0.15, 0.2) is 0 Å². The van der Waals surface area contributed by atoms with E-state index in [1.807, 2.05) is 19.1 Å². The van der Waals surface area contributed by atoms with Gasteiger partial charge in [0, 0.05) is 12.0 Å². The molecule has 0 aliphatic carbocycles. The fourth-order valence-electron chi connectivity index (χ4n) is 1.58. The summed E-state index contributed by atoms with van der Waals surface area (Å²) in [5, 5.41) is 10.3. The highest BCUT2D eigenvalue weighted by atomic mass is 35.5. The first-order chi connectivity index (χ1) is 6.18. The summed E-state index contributed by atoms with van der Waals surface area (Å²) in [6.45, 7) is 2.49. The molecular weight excluding hydrogens is 188 g/mol. The molecule has 0 amide bonds. The van der Waals surface area contributed by atoms with Crippen molar-refractivity contribution in [3.05, 3.63) is 28.3 Å². The van der Waals surface area contributed by atoms with Crippen molar-refractivity contribution in [1.82, 2.24) is 0 Å². The third-order valence-corrected chi connectivity index (χ3v) is 2.49. The largest absolute Gasteiger partial charge is 0.492 e. The third kappa shape index (κ3) is 1.52. The molecular formula is C10H11ClO2. The first kappa shape index (κ1) is 8.85. The molecule has 1 heterocycles. The van der Waals surface area contributed by atoms with Gasteiger partial charge in [-0.3, -0.25) is 0 Å². The Hall–Kier alpha value is -0.730. The number of aliphatic hydroxyl groups is 1. The van der Waals surface area contributed by atoms with Crippen molar-refractivity contribution in [2.75, 3.05) is 6.61 Å². The SMILES string of the molecule is Cc1cc(Cl)c2c(c1)C(O)CCO2. The number of benzene rings is 1. The summed E-state index contributed by atoms with van der Waals surface area (Å²) in [6.07, 6.45) is 0.216. The van der Waals surface area contributed by atoms with Crippen molar-refractivity contribution >= 4 is 11.6 Å². The summed E-state index contributed by atoms with van der Waals surface area (Å²) in [4.78, 5) is 0. The number of rotatable bonds is 0. The van der Waals surface area contributed by atoms with E-state index in [9.17, 15) is 5.11 Å². The predicted molar refractivity (Wildman–Crippen MR) is 51.3 cm³/mol. The van der Waals surface area contributed by atoms with Crippen LogP contribution in [0, 0.1) is 6.92 Å². The second-order valence-electron chi connectivity index (χ2n) is 3.32. The second-order valence-corrected chi connectivity index (χ2v) is 3.73. The molecule has 2 rings (SSSR count). The van der Waals surface area contributed by atoms with Crippen molar-refractivity contribution in [1.29, 1.82) is 0 Å². The van der Waals surface area contributed by atoms with E-state index in [1.165, 1.54) is 0 Å². The zero-order chi connectivity index (χ0) is 9.42. The molecule has 1 aliphatic heterocycles. The molecule has 1 unspecified atom stereocenters. The topological polar surface area (TPSA) is 29.5 Å². The molecule has 13 heavy (non-hydrogen) atoms. The van der Waals surface area contributed by atoms with E-state index in [0.717, 1.165) is 11.1 Å². The normalized spacial score (nSPS) is 20.7. The number of aryl methyl sites for hydroxylation is 1. The Bertz CT molecular complexity index is 336. The van der Waals surface area contributed by atoms with Crippen LogP contribution in [0.15, 0.2) is 12.1 Å². The van der Waals surface area contributed by atoms with Crippen LogP contribution in [-0.4, -0.2) is 11.7 Å². The minimum Gasteiger partial charge on any atom is -0.492 e. The molecule has 0 saturated heterocycles. The van der Waals surface area contributed by atoms with Gasteiger partial charge in [0.2, 0.25) is 0 Å². The monoisotopic (exact) mass is 198 g/mol. The Balaban J connectivity index is 2.56. The highest BCUT2D eigenvalue weighted by Crippen LogP contribution is 2.38. The van der Waals surface area contributed by atoms with Crippen LogP contribution in [0.2, 0.25) is 5.02 Å². The maximum Gasteiger partial charge on any atom is 0.143 e. The zero-order valence-corrected chi connectivity index (χ0v) is 8.14. The number of hydrogen-bond donors (Lipinski definition) is 1. The molecule has 3 heteroatoms. The average molecular weight is 199 g/mol. The molecule has 1 aromatic rings. The molecule has 1 aliphatic rings. The van der Waals surface area contributed by atoms with E-state index in [1.54, 1.807) is 0 Å². The van der Waals surface area contributed by atoms with Gasteiger partial charge in [-0.2, -0.15) is 0 Å². The van der Waals surface area contributed by atoms with Crippen LogP contribution >= 0.6 is 11.6 Å². The average Bonchev–Trinajstić information content (AvgIpc) is 2.07. The quantitative estimate of drug-likeness (QED) is 0.694. The van der Waals surface area contributed by atoms with Crippen molar-refractivity contribution in [3.8, 4) is 5.75 Å². The molecule has 70 valence electrons. The lowest BCUT2D eigenvalue weighted by Gasteiger charge is -2.23. The summed E-state index contributed by atoms with van der Waals surface area (Å²) < 4.78 is 5.39. The van der Waals surface area contributed by atoms with E-state index >= 15 is 0 Å². The maximum absolute atomic E-state index is 9.67. The van der Waals surface area contributed by atoms with Gasteiger partial charge in [-0.15, -0.1) is 0 Å². The Morgan fingerprint density at radius 2 is 2.31 bits per heavy atom. The highest BCUT2D eigenvalue weighted by molar-refractivity contribution is 6.32. The first-order valence-corrected chi connectivity index (χ1v) is 4.67. The van der Waals surface area contributed by atoms with Crippen molar-refractivity contribution < 1.29 is 9.84 Å². The predicted octanol–water partition coefficient (Wildman–Crippen LogP) is 2.46. The van der Waals surface area contributed by atoms with Gasteiger partial charge in [-0.25, -0.2) is 0 Å². The molecule has 0 fully saturated rings. The summed E-state index contributed by atoms with van der Waals surface area (Å²) in [6, 6.07) is 3.77. The minimum absolute atomic E-state index is 0.429. The van der Waals surface area contributed by atoms with Crippen LogP contribution in [0.1, 0.15) is 23.7 Å². The molecule has 1 aromatic carbocycles. The van der Waals surface area contributed by atoms with Gasteiger partial charge < -0.3 is 9.84 Å². The van der Waals surface area contributed by atoms with Crippen LogP contribution in [0.25, 0.3) is 0 Å². The van der Waals surface area contributed by atoms with Crippen molar-refractivity contribution in [2.45, 2.75) is 19.4 Å². The molecule has 1 N–H and O–H groups in total. The summed E-state index contributed by atoms with van der Waals surface area (Å²) in [5.41, 5.74) is 1.87. The lowest BCUT2D eigenvalue weighted by Crippen LogP contribution is -2.14. The molecule has 0 spiro atoms. The van der Waals surface area contributed by atoms with Crippen LogP contribution in [0.5, 0.6) is 5.75 Å². The van der Waals surface area contributed by atoms with E-state index in [2.05, 4.69) is 0 Å². The molecule has 2 nitrogen and oxygen atoms in total. The van der Waals surface area contributed by atoms with E-state index in [-0.39, 0.29) is 0 Å². The lowest BCUT2D eigenvalue weighted by atomic mass is 10.0. The summed E-state index contributed by atoms with van der Waals surface area (Å²) in [5.74, 6) is 0.644. The summed E-state index contributed by atoms with van der Waals surface area (Å²) in [7, 11) is 0. The van der Waals surface area contributed by atoms with Crippen LogP contribution in [0.4, 0.5) is 0 Å². The number of fused-ring (bicyclic) bond motifs is 1. The Labute approximate surface area is 82.1 Å². The van der Waals surface area contributed by atoms with Gasteiger partial charge in [0.25, 0.3) is 0 Å². The van der Waals surface area contributed by atoms with Gasteiger partial charge >= 0.3 is 0 Å². The first-order valence-electron chi connectivity index (χ1n) is 4.29. The van der Waals surface area contributed by atoms with Gasteiger partial charge in [-0.05, 0) is 24.6 Å². The van der Waals surface area contributed by atoms with E-state index in [4.69, 9.17) is 16.3 Å². The summed E-state index contributed by atoms with van der Waals surface area (Å²) >= 11 is 5.98. The molecule has 1 atom stereocenters. The fourth-order valence-corrected chi connectivity index (χ4v) is 1.92. The number of aliphatic hydroxyl groups excluding tert-OH is 1. The Morgan fingerprint density at radius 1 is 1.54 bits per heavy atom. The van der Waals surface area contributed by atoms with Crippen molar-refractivity contribution in [2.24, 2.45) is 0 Å². The van der Waals surface area contributed by atoms with Crippen LogP contribution in [-0.2, 0) is 0 Å². The van der Waals surface area contributed by atoms with Gasteiger partial charge in [0.05, 0.1) is 17.7 Å². The third-order valence-electron chi connectivity index (χ3n) is 2.21.